The predicted octanol–water partition coefficient (Wildman–Crippen LogP) is 2.86. The van der Waals surface area contributed by atoms with E-state index in [0.717, 1.165) is 23.1 Å². The second kappa shape index (κ2) is 19.6. The summed E-state index contributed by atoms with van der Waals surface area (Å²) in [7, 11) is 0. The van der Waals surface area contributed by atoms with Gasteiger partial charge in [0.05, 0.1) is 6.04 Å². The first kappa shape index (κ1) is 36.6. The Balaban J connectivity index is 1.39. The van der Waals surface area contributed by atoms with Crippen molar-refractivity contribution in [2.75, 3.05) is 13.1 Å². The smallest absolute Gasteiger partial charge is 0.407 e. The Hall–Kier alpha value is -5.23. The molecule has 1 aliphatic rings. The van der Waals surface area contributed by atoms with Gasteiger partial charge in [-0.25, -0.2) is 9.59 Å². The number of carboxylic acids is 1. The topological polar surface area (TPSA) is 175 Å². The van der Waals surface area contributed by atoms with Gasteiger partial charge in [-0.3, -0.25) is 14.4 Å². The molecule has 4 amide bonds. The number of carbonyl (C=O) groups is 5. The van der Waals surface area contributed by atoms with Gasteiger partial charge >= 0.3 is 12.1 Å². The second-order valence-electron chi connectivity index (χ2n) is 12.0. The van der Waals surface area contributed by atoms with Gasteiger partial charge in [-0.15, -0.1) is 0 Å². The van der Waals surface area contributed by atoms with Crippen molar-refractivity contribution in [1.29, 1.82) is 0 Å². The number of hydrogen-bond donors (Lipinski definition) is 6. The molecule has 260 valence electrons. The van der Waals surface area contributed by atoms with Gasteiger partial charge in [-0.1, -0.05) is 91.0 Å². The number of carboxylic acid groups (broad SMARTS) is 1. The third-order valence-electron chi connectivity index (χ3n) is 8.22. The lowest BCUT2D eigenvalue weighted by molar-refractivity contribution is -0.142. The summed E-state index contributed by atoms with van der Waals surface area (Å²) in [6.07, 6.45) is 2.33. The van der Waals surface area contributed by atoms with Gasteiger partial charge in [0.25, 0.3) is 0 Å². The Bertz CT molecular complexity index is 1500. The summed E-state index contributed by atoms with van der Waals surface area (Å²) in [5.41, 5.74) is 2.37. The van der Waals surface area contributed by atoms with Gasteiger partial charge in [0, 0.05) is 19.4 Å². The van der Waals surface area contributed by atoms with Crippen LogP contribution < -0.4 is 26.6 Å². The van der Waals surface area contributed by atoms with Crippen molar-refractivity contribution >= 4 is 29.8 Å². The van der Waals surface area contributed by atoms with Gasteiger partial charge in [-0.05, 0) is 55.3 Å². The van der Waals surface area contributed by atoms with E-state index < -0.39 is 48.0 Å². The SMILES string of the molecule is O=C(NCCCC[C@H](NC(=O)[C@H]1CCCN1)C(=O)N[C@@H](Cc1ccccc1)C(=O)N[C@@H](Cc1ccccc1)C(=O)O)OCc1ccccc1. The number of benzene rings is 3. The molecule has 0 aromatic heterocycles. The lowest BCUT2D eigenvalue weighted by atomic mass is 10.0. The number of amides is 4. The Morgan fingerprint density at radius 1 is 0.714 bits per heavy atom. The maximum Gasteiger partial charge on any atom is 0.407 e. The molecule has 12 nitrogen and oxygen atoms in total. The van der Waals surface area contributed by atoms with Crippen LogP contribution in [-0.2, 0) is 43.4 Å². The molecule has 1 saturated heterocycles. The molecule has 3 aromatic rings. The maximum atomic E-state index is 13.8. The normalized spacial score (nSPS) is 15.6. The van der Waals surface area contributed by atoms with E-state index in [0.29, 0.717) is 32.4 Å². The molecule has 0 bridgehead atoms. The van der Waals surface area contributed by atoms with Crippen LogP contribution in [0.4, 0.5) is 4.79 Å². The fraction of sp³-hybridized carbons (Fsp3) is 0.378. The summed E-state index contributed by atoms with van der Waals surface area (Å²) < 4.78 is 5.24. The van der Waals surface area contributed by atoms with E-state index in [-0.39, 0.29) is 31.8 Å². The number of nitrogens with one attached hydrogen (secondary N) is 5. The lowest BCUT2D eigenvalue weighted by Gasteiger charge is -2.25. The third-order valence-corrected chi connectivity index (χ3v) is 8.22. The molecule has 0 aliphatic carbocycles. The minimum Gasteiger partial charge on any atom is -0.480 e. The van der Waals surface area contributed by atoms with Crippen LogP contribution in [0.15, 0.2) is 91.0 Å². The number of unbranched alkanes of at least 4 members (excludes halogenated alkanes) is 1. The molecule has 6 N–H and O–H groups in total. The Kier molecular flexibility index (Phi) is 14.6. The van der Waals surface area contributed by atoms with Crippen molar-refractivity contribution in [3.05, 3.63) is 108 Å². The molecule has 49 heavy (non-hydrogen) atoms. The molecule has 12 heteroatoms. The Morgan fingerprint density at radius 2 is 1.27 bits per heavy atom. The monoisotopic (exact) mass is 671 g/mol. The molecule has 1 heterocycles. The van der Waals surface area contributed by atoms with E-state index in [4.69, 9.17) is 4.74 Å². The largest absolute Gasteiger partial charge is 0.480 e. The van der Waals surface area contributed by atoms with Gasteiger partial charge in [0.2, 0.25) is 17.7 Å². The van der Waals surface area contributed by atoms with Crippen molar-refractivity contribution in [3.8, 4) is 0 Å². The van der Waals surface area contributed by atoms with Gasteiger partial charge in [0.1, 0.15) is 24.7 Å². The first-order valence-electron chi connectivity index (χ1n) is 16.7. The molecule has 1 aliphatic heterocycles. The van der Waals surface area contributed by atoms with Crippen LogP contribution in [0.25, 0.3) is 0 Å². The average molecular weight is 672 g/mol. The minimum atomic E-state index is -1.22. The molecule has 3 aromatic carbocycles. The fourth-order valence-electron chi connectivity index (χ4n) is 5.54. The lowest BCUT2D eigenvalue weighted by Crippen LogP contribution is -2.57. The predicted molar refractivity (Wildman–Crippen MR) is 183 cm³/mol. The zero-order chi connectivity index (χ0) is 34.8. The molecule has 0 spiro atoms. The Morgan fingerprint density at radius 3 is 1.84 bits per heavy atom. The molecule has 0 radical (unpaired) electrons. The summed E-state index contributed by atoms with van der Waals surface area (Å²) in [6, 6.07) is 23.6. The Labute approximate surface area is 286 Å². The number of aliphatic carboxylic acids is 1. The van der Waals surface area contributed by atoms with E-state index >= 15 is 0 Å². The highest BCUT2D eigenvalue weighted by Crippen LogP contribution is 2.11. The van der Waals surface area contributed by atoms with Crippen molar-refractivity contribution in [1.82, 2.24) is 26.6 Å². The van der Waals surface area contributed by atoms with E-state index in [9.17, 15) is 29.1 Å². The van der Waals surface area contributed by atoms with Crippen molar-refractivity contribution in [2.24, 2.45) is 0 Å². The summed E-state index contributed by atoms with van der Waals surface area (Å²) in [4.78, 5) is 64.7. The second-order valence-corrected chi connectivity index (χ2v) is 12.0. The fourth-order valence-corrected chi connectivity index (χ4v) is 5.54. The highest BCUT2D eigenvalue weighted by Gasteiger charge is 2.31. The van der Waals surface area contributed by atoms with Crippen molar-refractivity contribution in [2.45, 2.75) is 75.7 Å². The molecular weight excluding hydrogens is 626 g/mol. The summed E-state index contributed by atoms with van der Waals surface area (Å²) >= 11 is 0. The van der Waals surface area contributed by atoms with Crippen molar-refractivity contribution < 1.29 is 33.8 Å². The van der Waals surface area contributed by atoms with Crippen LogP contribution in [0.1, 0.15) is 48.8 Å². The zero-order valence-electron chi connectivity index (χ0n) is 27.4. The first-order chi connectivity index (χ1) is 23.8. The van der Waals surface area contributed by atoms with Gasteiger partial charge < -0.3 is 36.4 Å². The first-order valence-corrected chi connectivity index (χ1v) is 16.7. The van der Waals surface area contributed by atoms with E-state index in [1.807, 2.05) is 66.7 Å². The third kappa shape index (κ3) is 12.7. The molecular formula is C37H45N5O7. The highest BCUT2D eigenvalue weighted by atomic mass is 16.5. The summed E-state index contributed by atoms with van der Waals surface area (Å²) in [5, 5.41) is 24.0. The number of ether oxygens (including phenoxy) is 1. The van der Waals surface area contributed by atoms with E-state index in [1.165, 1.54) is 0 Å². The van der Waals surface area contributed by atoms with Crippen molar-refractivity contribution in [3.63, 3.8) is 0 Å². The molecule has 1 fully saturated rings. The van der Waals surface area contributed by atoms with E-state index in [1.54, 1.807) is 24.3 Å². The average Bonchev–Trinajstić information content (AvgIpc) is 3.66. The maximum absolute atomic E-state index is 13.8. The number of carbonyl (C=O) groups excluding carboxylic acids is 4. The van der Waals surface area contributed by atoms with Gasteiger partial charge in [-0.2, -0.15) is 0 Å². The molecule has 0 unspecified atom stereocenters. The number of rotatable bonds is 18. The van der Waals surface area contributed by atoms with Crippen LogP contribution in [0.5, 0.6) is 0 Å². The highest BCUT2D eigenvalue weighted by molar-refractivity contribution is 5.94. The van der Waals surface area contributed by atoms with Gasteiger partial charge in [0.15, 0.2) is 0 Å². The minimum absolute atomic E-state index is 0.0643. The number of hydrogen-bond acceptors (Lipinski definition) is 7. The number of alkyl carbamates (subject to hydrolysis) is 1. The molecule has 4 atom stereocenters. The van der Waals surface area contributed by atoms with Crippen LogP contribution in [-0.4, -0.2) is 72.1 Å². The summed E-state index contributed by atoms with van der Waals surface area (Å²) in [6.45, 7) is 1.15. The van der Waals surface area contributed by atoms with Crippen LogP contribution in [0, 0.1) is 0 Å². The summed E-state index contributed by atoms with van der Waals surface area (Å²) in [5.74, 6) is -2.72. The standard InChI is InChI=1S/C37H45N5O7/c43-33(29-20-12-22-38-29)40-30(19-10-11-21-39-37(48)49-25-28-17-8-3-9-18-28)34(44)41-31(23-26-13-4-1-5-14-26)35(45)42-32(36(46)47)24-27-15-6-2-7-16-27/h1-9,13-18,29-32,38H,10-12,19-25H2,(H,39,48)(H,40,43)(H,41,44)(H,42,45)(H,46,47)/t29-,30+,31+,32+/m1/s1. The van der Waals surface area contributed by atoms with Crippen LogP contribution in [0.2, 0.25) is 0 Å². The van der Waals surface area contributed by atoms with Crippen LogP contribution >= 0.6 is 0 Å². The zero-order valence-corrected chi connectivity index (χ0v) is 27.4. The molecule has 4 rings (SSSR count). The molecule has 0 saturated carbocycles. The van der Waals surface area contributed by atoms with E-state index in [2.05, 4.69) is 26.6 Å². The quantitative estimate of drug-likeness (QED) is 0.112. The van der Waals surface area contributed by atoms with Crippen LogP contribution in [0.3, 0.4) is 0 Å².